The van der Waals surface area contributed by atoms with Crippen molar-refractivity contribution in [2.75, 3.05) is 6.61 Å². The molecule has 29 heavy (non-hydrogen) atoms. The first-order valence-electron chi connectivity index (χ1n) is 11.3. The van der Waals surface area contributed by atoms with Crippen molar-refractivity contribution in [3.8, 4) is 0 Å². The van der Waals surface area contributed by atoms with E-state index in [1.165, 1.54) is 35.1 Å². The summed E-state index contributed by atoms with van der Waals surface area (Å²) in [4.78, 5) is 0. The second kappa shape index (κ2) is 10.4. The van der Waals surface area contributed by atoms with Gasteiger partial charge in [-0.05, 0) is 59.4 Å². The van der Waals surface area contributed by atoms with Gasteiger partial charge >= 0.3 is 0 Å². The predicted octanol–water partition coefficient (Wildman–Crippen LogP) is 5.32. The molecule has 4 rings (SSSR count). The number of aryl methyl sites for hydroxylation is 1. The summed E-state index contributed by atoms with van der Waals surface area (Å²) >= 11 is 0. The Labute approximate surface area is 175 Å². The van der Waals surface area contributed by atoms with E-state index in [0.29, 0.717) is 18.8 Å². The molecule has 1 heterocycles. The third-order valence-electron chi connectivity index (χ3n) is 5.96. The molecule has 0 spiro atoms. The van der Waals surface area contributed by atoms with Crippen LogP contribution in [0.3, 0.4) is 0 Å². The van der Waals surface area contributed by atoms with Gasteiger partial charge in [-0.2, -0.15) is 0 Å². The largest absolute Gasteiger partial charge is 0.394 e. The van der Waals surface area contributed by atoms with Crippen LogP contribution in [0.4, 0.5) is 0 Å². The molecule has 0 bridgehead atoms. The van der Waals surface area contributed by atoms with E-state index in [0.717, 1.165) is 18.4 Å². The maximum Gasteiger partial charge on any atom is 0.0854 e. The zero-order valence-corrected chi connectivity index (χ0v) is 18.1. The van der Waals surface area contributed by atoms with E-state index in [1.54, 1.807) is 0 Å². The van der Waals surface area contributed by atoms with Crippen LogP contribution in [-0.2, 0) is 17.6 Å². The van der Waals surface area contributed by atoms with Gasteiger partial charge in [0.25, 0.3) is 0 Å². The molecule has 2 aromatic rings. The summed E-state index contributed by atoms with van der Waals surface area (Å²) in [7, 11) is 0. The fourth-order valence-corrected chi connectivity index (χ4v) is 4.21. The Kier molecular flexibility index (Phi) is 7.88. The van der Waals surface area contributed by atoms with Gasteiger partial charge in [-0.25, -0.2) is 0 Å². The minimum Gasteiger partial charge on any atom is -0.394 e. The van der Waals surface area contributed by atoms with E-state index in [-0.39, 0.29) is 18.8 Å². The van der Waals surface area contributed by atoms with E-state index < -0.39 is 6.10 Å². The van der Waals surface area contributed by atoms with E-state index in [9.17, 15) is 10.2 Å². The number of hydrogen-bond donors (Lipinski definition) is 2. The smallest absolute Gasteiger partial charge is 0.0854 e. The molecule has 3 heteroatoms. The predicted molar refractivity (Wildman–Crippen MR) is 118 cm³/mol. The van der Waals surface area contributed by atoms with Crippen molar-refractivity contribution in [1.82, 2.24) is 0 Å². The second-order valence-electron chi connectivity index (χ2n) is 8.13. The van der Waals surface area contributed by atoms with Gasteiger partial charge in [-0.3, -0.25) is 0 Å². The summed E-state index contributed by atoms with van der Waals surface area (Å²) in [5.41, 5.74) is 6.67. The molecule has 0 amide bonds. The highest BCUT2D eigenvalue weighted by atomic mass is 16.5. The van der Waals surface area contributed by atoms with E-state index in [4.69, 9.17) is 4.74 Å². The molecule has 3 unspecified atom stereocenters. The Morgan fingerprint density at radius 2 is 1.66 bits per heavy atom. The first-order chi connectivity index (χ1) is 14.2. The Morgan fingerprint density at radius 1 is 0.966 bits per heavy atom. The fourth-order valence-electron chi connectivity index (χ4n) is 4.21. The summed E-state index contributed by atoms with van der Waals surface area (Å²) in [5, 5.41) is 19.6. The SMILES string of the molecule is CC.CCc1ccc(Cc2cc(C3CC(O)CC(CO)O3)ccc2C2CC2)cc1. The molecular weight excluding hydrogens is 360 g/mol. The normalized spacial score (nSPS) is 24.0. The van der Waals surface area contributed by atoms with Crippen molar-refractivity contribution in [3.63, 3.8) is 0 Å². The molecule has 1 saturated carbocycles. The van der Waals surface area contributed by atoms with Gasteiger partial charge in [0.15, 0.2) is 0 Å². The highest BCUT2D eigenvalue weighted by molar-refractivity contribution is 5.41. The van der Waals surface area contributed by atoms with Crippen LogP contribution in [0.1, 0.15) is 86.3 Å². The lowest BCUT2D eigenvalue weighted by Gasteiger charge is -2.33. The number of rotatable bonds is 6. The van der Waals surface area contributed by atoms with Crippen molar-refractivity contribution in [3.05, 3.63) is 70.3 Å². The van der Waals surface area contributed by atoms with Crippen LogP contribution in [0.25, 0.3) is 0 Å². The average Bonchev–Trinajstić information content (AvgIpc) is 3.60. The molecular formula is C26H36O3. The van der Waals surface area contributed by atoms with Gasteiger partial charge in [0, 0.05) is 12.8 Å². The van der Waals surface area contributed by atoms with Crippen molar-refractivity contribution in [2.45, 2.75) is 83.5 Å². The van der Waals surface area contributed by atoms with E-state index in [2.05, 4.69) is 49.4 Å². The quantitative estimate of drug-likeness (QED) is 0.695. The summed E-state index contributed by atoms with van der Waals surface area (Å²) in [6.07, 6.45) is 4.87. The maximum atomic E-state index is 10.2. The van der Waals surface area contributed by atoms with Crippen LogP contribution >= 0.6 is 0 Å². The highest BCUT2D eigenvalue weighted by Gasteiger charge is 2.31. The van der Waals surface area contributed by atoms with Gasteiger partial charge < -0.3 is 14.9 Å². The topological polar surface area (TPSA) is 49.7 Å². The molecule has 3 atom stereocenters. The molecule has 2 aliphatic rings. The molecule has 2 fully saturated rings. The Morgan fingerprint density at radius 3 is 2.28 bits per heavy atom. The standard InChI is InChI=1S/C24H30O3.C2H6/c1-2-16-3-5-17(6-4-16)11-20-12-19(9-10-23(20)18-7-8-18)24-14-21(26)13-22(15-25)27-24;1-2/h3-6,9-10,12,18,21-22,24-26H,2,7-8,11,13-15H2,1H3;1-2H3. The molecule has 158 valence electrons. The van der Waals surface area contributed by atoms with Gasteiger partial charge in [-0.1, -0.05) is 63.2 Å². The van der Waals surface area contributed by atoms with Crippen LogP contribution in [0.5, 0.6) is 0 Å². The Hall–Kier alpha value is -1.68. The van der Waals surface area contributed by atoms with Crippen molar-refractivity contribution in [1.29, 1.82) is 0 Å². The molecule has 2 aromatic carbocycles. The number of benzene rings is 2. The minimum atomic E-state index is -0.408. The van der Waals surface area contributed by atoms with Crippen LogP contribution < -0.4 is 0 Å². The maximum absolute atomic E-state index is 10.2. The van der Waals surface area contributed by atoms with Crippen LogP contribution in [-0.4, -0.2) is 29.0 Å². The lowest BCUT2D eigenvalue weighted by atomic mass is 9.90. The first-order valence-corrected chi connectivity index (χ1v) is 11.3. The molecule has 1 aliphatic heterocycles. The Balaban J connectivity index is 0.00000117. The average molecular weight is 397 g/mol. The van der Waals surface area contributed by atoms with Gasteiger partial charge in [0.2, 0.25) is 0 Å². The summed E-state index contributed by atoms with van der Waals surface area (Å²) < 4.78 is 6.03. The monoisotopic (exact) mass is 396 g/mol. The fraction of sp³-hybridized carbons (Fsp3) is 0.538. The van der Waals surface area contributed by atoms with Crippen LogP contribution in [0.15, 0.2) is 42.5 Å². The van der Waals surface area contributed by atoms with Gasteiger partial charge in [0.1, 0.15) is 0 Å². The molecule has 2 N–H and O–H groups in total. The van der Waals surface area contributed by atoms with Gasteiger partial charge in [0.05, 0.1) is 24.9 Å². The summed E-state index contributed by atoms with van der Waals surface area (Å²) in [6, 6.07) is 15.6. The minimum absolute atomic E-state index is 0.0373. The zero-order valence-electron chi connectivity index (χ0n) is 18.1. The molecule has 0 aromatic heterocycles. The summed E-state index contributed by atoms with van der Waals surface area (Å²) in [6.45, 7) is 6.15. The molecule has 1 saturated heterocycles. The number of aliphatic hydroxyl groups excluding tert-OH is 2. The van der Waals surface area contributed by atoms with Crippen LogP contribution in [0, 0.1) is 0 Å². The third kappa shape index (κ3) is 5.69. The zero-order chi connectivity index (χ0) is 20.8. The van der Waals surface area contributed by atoms with Crippen molar-refractivity contribution < 1.29 is 14.9 Å². The van der Waals surface area contributed by atoms with E-state index in [1.807, 2.05) is 13.8 Å². The lowest BCUT2D eigenvalue weighted by Crippen LogP contribution is -2.33. The Bertz CT molecular complexity index is 764. The second-order valence-corrected chi connectivity index (χ2v) is 8.13. The number of hydrogen-bond acceptors (Lipinski definition) is 3. The molecule has 1 aliphatic carbocycles. The van der Waals surface area contributed by atoms with Crippen LogP contribution in [0.2, 0.25) is 0 Å². The van der Waals surface area contributed by atoms with E-state index >= 15 is 0 Å². The lowest BCUT2D eigenvalue weighted by molar-refractivity contribution is -0.113. The van der Waals surface area contributed by atoms with Crippen molar-refractivity contribution in [2.24, 2.45) is 0 Å². The summed E-state index contributed by atoms with van der Waals surface area (Å²) in [5.74, 6) is 0.701. The van der Waals surface area contributed by atoms with Gasteiger partial charge in [-0.15, -0.1) is 0 Å². The number of ether oxygens (including phenoxy) is 1. The first kappa shape index (κ1) is 22.0. The number of aliphatic hydroxyl groups is 2. The van der Waals surface area contributed by atoms with Crippen molar-refractivity contribution >= 4 is 0 Å². The molecule has 3 nitrogen and oxygen atoms in total. The third-order valence-corrected chi connectivity index (χ3v) is 5.96. The molecule has 0 radical (unpaired) electrons. The highest BCUT2D eigenvalue weighted by Crippen LogP contribution is 2.43.